The summed E-state index contributed by atoms with van der Waals surface area (Å²) >= 11 is 11.4. The van der Waals surface area contributed by atoms with Gasteiger partial charge < -0.3 is 4.74 Å². The molecule has 0 bridgehead atoms. The molecule has 1 aromatic rings. The second-order valence-corrected chi connectivity index (χ2v) is 4.22. The molecule has 2 nitrogen and oxygen atoms in total. The zero-order valence-electron chi connectivity index (χ0n) is 8.50. The van der Waals surface area contributed by atoms with Crippen LogP contribution in [-0.2, 0) is 11.2 Å². The van der Waals surface area contributed by atoms with Crippen molar-refractivity contribution in [3.8, 4) is 5.75 Å². The first kappa shape index (κ1) is 11.5. The van der Waals surface area contributed by atoms with Gasteiger partial charge in [-0.15, -0.1) is 11.6 Å². The Hall–Kier alpha value is -0.990. The second-order valence-electron chi connectivity index (χ2n) is 3.52. The zero-order valence-corrected chi connectivity index (χ0v) is 10.0. The molecule has 0 saturated heterocycles. The lowest BCUT2D eigenvalue weighted by atomic mass is 10.1. The Morgan fingerprint density at radius 2 is 2.31 bits per heavy atom. The molecule has 1 aliphatic heterocycles. The molecule has 0 spiro atoms. The molecule has 2 rings (SSSR count). The SMILES string of the molecule is O=C(/C=C/c1cc(Cl)cc2c1OCC2)CCl. The van der Waals surface area contributed by atoms with Crippen LogP contribution in [0.25, 0.3) is 6.08 Å². The number of hydrogen-bond acceptors (Lipinski definition) is 2. The Kier molecular flexibility index (Phi) is 3.52. The molecule has 0 atom stereocenters. The van der Waals surface area contributed by atoms with E-state index in [0.717, 1.165) is 23.3 Å². The summed E-state index contributed by atoms with van der Waals surface area (Å²) in [6, 6.07) is 3.67. The van der Waals surface area contributed by atoms with E-state index in [9.17, 15) is 4.79 Å². The molecule has 0 aromatic heterocycles. The molecule has 0 unspecified atom stereocenters. The smallest absolute Gasteiger partial charge is 0.170 e. The van der Waals surface area contributed by atoms with Crippen LogP contribution in [0.15, 0.2) is 18.2 Å². The van der Waals surface area contributed by atoms with E-state index in [4.69, 9.17) is 27.9 Å². The lowest BCUT2D eigenvalue weighted by molar-refractivity contribution is -0.112. The Labute approximate surface area is 104 Å². The second kappa shape index (κ2) is 4.89. The Balaban J connectivity index is 2.34. The standard InChI is InChI=1S/C12H10Cl2O2/c13-7-11(15)2-1-8-5-10(14)6-9-3-4-16-12(8)9/h1-2,5-6H,3-4,7H2/b2-1+. The van der Waals surface area contributed by atoms with Gasteiger partial charge in [-0.1, -0.05) is 11.6 Å². The monoisotopic (exact) mass is 256 g/mol. The van der Waals surface area contributed by atoms with Crippen molar-refractivity contribution in [2.24, 2.45) is 0 Å². The van der Waals surface area contributed by atoms with Crippen LogP contribution < -0.4 is 4.74 Å². The maximum absolute atomic E-state index is 11.1. The number of alkyl halides is 1. The summed E-state index contributed by atoms with van der Waals surface area (Å²) in [5.74, 6) is 0.677. The minimum absolute atomic E-state index is 0.0138. The van der Waals surface area contributed by atoms with Crippen LogP contribution in [-0.4, -0.2) is 18.3 Å². The lowest BCUT2D eigenvalue weighted by Crippen LogP contribution is -1.93. The fourth-order valence-electron chi connectivity index (χ4n) is 1.65. The molecule has 0 amide bonds. The summed E-state index contributed by atoms with van der Waals surface area (Å²) in [7, 11) is 0. The molecule has 16 heavy (non-hydrogen) atoms. The van der Waals surface area contributed by atoms with Gasteiger partial charge in [0.05, 0.1) is 12.5 Å². The molecule has 0 fully saturated rings. The average molecular weight is 257 g/mol. The number of carbonyl (C=O) groups is 1. The van der Waals surface area contributed by atoms with Crippen LogP contribution >= 0.6 is 23.2 Å². The largest absolute Gasteiger partial charge is 0.492 e. The number of ketones is 1. The van der Waals surface area contributed by atoms with Crippen LogP contribution in [0.4, 0.5) is 0 Å². The highest BCUT2D eigenvalue weighted by Crippen LogP contribution is 2.33. The van der Waals surface area contributed by atoms with E-state index < -0.39 is 0 Å². The molecule has 4 heteroatoms. The van der Waals surface area contributed by atoms with Crippen LogP contribution in [0.3, 0.4) is 0 Å². The van der Waals surface area contributed by atoms with Crippen molar-refractivity contribution in [2.75, 3.05) is 12.5 Å². The third kappa shape index (κ3) is 2.39. The van der Waals surface area contributed by atoms with Crippen molar-refractivity contribution >= 4 is 35.1 Å². The lowest BCUT2D eigenvalue weighted by Gasteiger charge is -2.04. The van der Waals surface area contributed by atoms with Crippen molar-refractivity contribution in [1.82, 2.24) is 0 Å². The van der Waals surface area contributed by atoms with Crippen LogP contribution in [0, 0.1) is 0 Å². The van der Waals surface area contributed by atoms with E-state index in [-0.39, 0.29) is 11.7 Å². The van der Waals surface area contributed by atoms with Crippen LogP contribution in [0.5, 0.6) is 5.75 Å². The molecule has 0 aliphatic carbocycles. The maximum Gasteiger partial charge on any atom is 0.170 e. The quantitative estimate of drug-likeness (QED) is 0.614. The first-order valence-corrected chi connectivity index (χ1v) is 5.84. The van der Waals surface area contributed by atoms with Gasteiger partial charge >= 0.3 is 0 Å². The van der Waals surface area contributed by atoms with Gasteiger partial charge in [0, 0.05) is 17.0 Å². The van der Waals surface area contributed by atoms with E-state index in [1.807, 2.05) is 6.07 Å². The van der Waals surface area contributed by atoms with Crippen LogP contribution in [0.1, 0.15) is 11.1 Å². The summed E-state index contributed by atoms with van der Waals surface area (Å²) in [5, 5.41) is 0.655. The third-order valence-corrected chi connectivity index (χ3v) is 2.84. The number of hydrogen-bond donors (Lipinski definition) is 0. The summed E-state index contributed by atoms with van der Waals surface area (Å²) in [6.07, 6.45) is 4.00. The van der Waals surface area contributed by atoms with Crippen molar-refractivity contribution < 1.29 is 9.53 Å². The average Bonchev–Trinajstić information content (AvgIpc) is 2.73. The van der Waals surface area contributed by atoms with Gasteiger partial charge in [0.15, 0.2) is 5.78 Å². The summed E-state index contributed by atoms with van der Waals surface area (Å²) < 4.78 is 5.50. The third-order valence-electron chi connectivity index (χ3n) is 2.36. The molecule has 1 aliphatic rings. The van der Waals surface area contributed by atoms with Crippen molar-refractivity contribution in [3.63, 3.8) is 0 Å². The van der Waals surface area contributed by atoms with Gasteiger partial charge in [0.2, 0.25) is 0 Å². The van der Waals surface area contributed by atoms with Crippen molar-refractivity contribution in [2.45, 2.75) is 6.42 Å². The van der Waals surface area contributed by atoms with Crippen molar-refractivity contribution in [3.05, 3.63) is 34.4 Å². The molecule has 0 N–H and O–H groups in total. The number of halogens is 2. The van der Waals surface area contributed by atoms with Gasteiger partial charge in [-0.05, 0) is 29.8 Å². The first-order chi connectivity index (χ1) is 7.70. The van der Waals surface area contributed by atoms with Gasteiger partial charge in [-0.3, -0.25) is 4.79 Å². The fourth-order valence-corrected chi connectivity index (χ4v) is 1.99. The van der Waals surface area contributed by atoms with E-state index in [1.54, 1.807) is 12.1 Å². The minimum atomic E-state index is -0.131. The molecular weight excluding hydrogens is 247 g/mol. The van der Waals surface area contributed by atoms with Crippen LogP contribution in [0.2, 0.25) is 5.02 Å². The normalized spacial score (nSPS) is 13.9. The predicted octanol–water partition coefficient (Wildman–Crippen LogP) is 3.10. The number of fused-ring (bicyclic) bond motifs is 1. The van der Waals surface area contributed by atoms with E-state index in [0.29, 0.717) is 11.6 Å². The maximum atomic E-state index is 11.1. The minimum Gasteiger partial charge on any atom is -0.492 e. The predicted molar refractivity (Wildman–Crippen MR) is 65.4 cm³/mol. The molecule has 0 radical (unpaired) electrons. The highest BCUT2D eigenvalue weighted by molar-refractivity contribution is 6.31. The molecule has 84 valence electrons. The topological polar surface area (TPSA) is 26.3 Å². The molecule has 0 saturated carbocycles. The van der Waals surface area contributed by atoms with Crippen molar-refractivity contribution in [1.29, 1.82) is 0 Å². The zero-order chi connectivity index (χ0) is 11.5. The van der Waals surface area contributed by atoms with Gasteiger partial charge in [-0.25, -0.2) is 0 Å². The highest BCUT2D eigenvalue weighted by Gasteiger charge is 2.16. The summed E-state index contributed by atoms with van der Waals surface area (Å²) in [5.41, 5.74) is 1.92. The number of ether oxygens (including phenoxy) is 1. The molecule has 1 heterocycles. The highest BCUT2D eigenvalue weighted by atomic mass is 35.5. The van der Waals surface area contributed by atoms with E-state index in [2.05, 4.69) is 0 Å². The summed E-state index contributed by atoms with van der Waals surface area (Å²) in [6.45, 7) is 0.667. The van der Waals surface area contributed by atoms with E-state index in [1.165, 1.54) is 6.08 Å². The molecule has 1 aromatic carbocycles. The number of carbonyl (C=O) groups excluding carboxylic acids is 1. The number of rotatable bonds is 3. The Bertz CT molecular complexity index is 453. The first-order valence-electron chi connectivity index (χ1n) is 4.93. The Morgan fingerprint density at radius 1 is 1.50 bits per heavy atom. The van der Waals surface area contributed by atoms with Gasteiger partial charge in [0.25, 0.3) is 0 Å². The fraction of sp³-hybridized carbons (Fsp3) is 0.250. The van der Waals surface area contributed by atoms with E-state index >= 15 is 0 Å². The summed E-state index contributed by atoms with van der Waals surface area (Å²) in [4.78, 5) is 11.1. The number of allylic oxidation sites excluding steroid dienone is 1. The number of benzene rings is 1. The van der Waals surface area contributed by atoms with Gasteiger partial charge in [-0.2, -0.15) is 0 Å². The molecular formula is C12H10Cl2O2. The van der Waals surface area contributed by atoms with Gasteiger partial charge in [0.1, 0.15) is 5.75 Å². The Morgan fingerprint density at radius 3 is 3.06 bits per heavy atom.